The lowest BCUT2D eigenvalue weighted by Crippen LogP contribution is -2.23. The van der Waals surface area contributed by atoms with Crippen LogP contribution in [0.4, 0.5) is 13.2 Å². The van der Waals surface area contributed by atoms with E-state index < -0.39 is 12.8 Å². The lowest BCUT2D eigenvalue weighted by Gasteiger charge is -2.09. The van der Waals surface area contributed by atoms with Crippen molar-refractivity contribution in [1.29, 1.82) is 0 Å². The van der Waals surface area contributed by atoms with Gasteiger partial charge in [0, 0.05) is 13.1 Å². The molecule has 0 aliphatic carbocycles. The van der Waals surface area contributed by atoms with Crippen LogP contribution in [0.3, 0.4) is 0 Å². The van der Waals surface area contributed by atoms with Crippen LogP contribution in [0.5, 0.6) is 0 Å². The van der Waals surface area contributed by atoms with Crippen LogP contribution < -0.4 is 5.32 Å². The Bertz CT molecular complexity index is 385. The SMILES string of the molecule is FC(F)(F)COCCNCc1cccc(Cl)c1Cl. The van der Waals surface area contributed by atoms with Crippen molar-refractivity contribution in [3.8, 4) is 0 Å². The molecular weight excluding hydrogens is 290 g/mol. The summed E-state index contributed by atoms with van der Waals surface area (Å²) in [5, 5.41) is 3.82. The van der Waals surface area contributed by atoms with Crippen molar-refractivity contribution in [3.63, 3.8) is 0 Å². The molecule has 0 fully saturated rings. The molecule has 1 rings (SSSR count). The molecule has 0 unspecified atom stereocenters. The second kappa shape index (κ2) is 7.19. The van der Waals surface area contributed by atoms with Gasteiger partial charge in [0.25, 0.3) is 0 Å². The number of hydrogen-bond acceptors (Lipinski definition) is 2. The first-order valence-corrected chi connectivity index (χ1v) is 5.94. The summed E-state index contributed by atoms with van der Waals surface area (Å²) in [6.45, 7) is -0.516. The Kier molecular flexibility index (Phi) is 6.21. The molecule has 0 bridgehead atoms. The van der Waals surface area contributed by atoms with E-state index in [1.165, 1.54) is 0 Å². The summed E-state index contributed by atoms with van der Waals surface area (Å²) in [5.41, 5.74) is 0.792. The Labute approximate surface area is 113 Å². The Hall–Kier alpha value is -0.490. The van der Waals surface area contributed by atoms with Crippen LogP contribution in [-0.4, -0.2) is 25.9 Å². The molecule has 0 amide bonds. The molecule has 0 saturated heterocycles. The lowest BCUT2D eigenvalue weighted by atomic mass is 10.2. The van der Waals surface area contributed by atoms with Gasteiger partial charge in [-0.2, -0.15) is 13.2 Å². The topological polar surface area (TPSA) is 21.3 Å². The summed E-state index contributed by atoms with van der Waals surface area (Å²) < 4.78 is 39.7. The summed E-state index contributed by atoms with van der Waals surface area (Å²) >= 11 is 11.8. The van der Waals surface area contributed by atoms with E-state index in [4.69, 9.17) is 23.2 Å². The summed E-state index contributed by atoms with van der Waals surface area (Å²) in [6, 6.07) is 5.21. The van der Waals surface area contributed by atoms with Gasteiger partial charge >= 0.3 is 6.18 Å². The highest BCUT2D eigenvalue weighted by Gasteiger charge is 2.27. The maximum atomic E-state index is 11.7. The molecule has 1 N–H and O–H groups in total. The number of benzene rings is 1. The zero-order valence-corrected chi connectivity index (χ0v) is 10.9. The average molecular weight is 302 g/mol. The lowest BCUT2D eigenvalue weighted by molar-refractivity contribution is -0.173. The number of alkyl halides is 3. The minimum absolute atomic E-state index is 0.0162. The smallest absolute Gasteiger partial charge is 0.371 e. The van der Waals surface area contributed by atoms with Gasteiger partial charge in [0.05, 0.1) is 16.7 Å². The number of ether oxygens (including phenoxy) is 1. The molecule has 18 heavy (non-hydrogen) atoms. The Balaban J connectivity index is 2.20. The summed E-state index contributed by atoms with van der Waals surface area (Å²) in [4.78, 5) is 0. The van der Waals surface area contributed by atoms with Crippen LogP contribution in [0.25, 0.3) is 0 Å². The number of hydrogen-bond donors (Lipinski definition) is 1. The zero-order chi connectivity index (χ0) is 13.6. The molecule has 1 aromatic rings. The van der Waals surface area contributed by atoms with Gasteiger partial charge in [-0.25, -0.2) is 0 Å². The third-order valence-electron chi connectivity index (χ3n) is 2.04. The van der Waals surface area contributed by atoms with Gasteiger partial charge < -0.3 is 10.1 Å². The molecule has 0 saturated carbocycles. The van der Waals surface area contributed by atoms with Gasteiger partial charge in [-0.05, 0) is 11.6 Å². The molecule has 0 aliphatic rings. The maximum Gasteiger partial charge on any atom is 0.411 e. The van der Waals surface area contributed by atoms with E-state index >= 15 is 0 Å². The standard InChI is InChI=1S/C11H12Cl2F3NO/c12-9-3-1-2-8(10(9)13)6-17-4-5-18-7-11(14,15)16/h1-3,17H,4-7H2. The van der Waals surface area contributed by atoms with Crippen molar-refractivity contribution in [2.75, 3.05) is 19.8 Å². The predicted molar refractivity (Wildman–Crippen MR) is 65.0 cm³/mol. The third kappa shape index (κ3) is 5.91. The first-order valence-electron chi connectivity index (χ1n) is 5.18. The van der Waals surface area contributed by atoms with E-state index in [9.17, 15) is 13.2 Å². The fourth-order valence-electron chi connectivity index (χ4n) is 1.24. The Morgan fingerprint density at radius 1 is 1.22 bits per heavy atom. The normalized spacial score (nSPS) is 11.8. The van der Waals surface area contributed by atoms with Crippen molar-refractivity contribution < 1.29 is 17.9 Å². The molecule has 0 heterocycles. The monoisotopic (exact) mass is 301 g/mol. The number of halogens is 5. The second-order valence-electron chi connectivity index (χ2n) is 3.56. The fraction of sp³-hybridized carbons (Fsp3) is 0.455. The van der Waals surface area contributed by atoms with E-state index in [0.29, 0.717) is 23.1 Å². The van der Waals surface area contributed by atoms with Gasteiger partial charge in [0.15, 0.2) is 0 Å². The summed E-state index contributed by atoms with van der Waals surface area (Å²) in [7, 11) is 0. The first-order chi connectivity index (χ1) is 8.40. The molecule has 0 spiro atoms. The van der Waals surface area contributed by atoms with Gasteiger partial charge in [0.1, 0.15) is 6.61 Å². The van der Waals surface area contributed by atoms with E-state index in [-0.39, 0.29) is 6.61 Å². The Morgan fingerprint density at radius 2 is 1.94 bits per heavy atom. The molecule has 0 atom stereocenters. The van der Waals surface area contributed by atoms with Crippen LogP contribution in [0, 0.1) is 0 Å². The van der Waals surface area contributed by atoms with Gasteiger partial charge in [-0.3, -0.25) is 0 Å². The van der Waals surface area contributed by atoms with Crippen molar-refractivity contribution in [3.05, 3.63) is 33.8 Å². The largest absolute Gasteiger partial charge is 0.411 e. The second-order valence-corrected chi connectivity index (χ2v) is 4.34. The molecule has 0 aromatic heterocycles. The van der Waals surface area contributed by atoms with Crippen molar-refractivity contribution in [1.82, 2.24) is 5.32 Å². The molecule has 0 aliphatic heterocycles. The van der Waals surface area contributed by atoms with Gasteiger partial charge in [-0.1, -0.05) is 35.3 Å². The Morgan fingerprint density at radius 3 is 2.61 bits per heavy atom. The predicted octanol–water partition coefficient (Wildman–Crippen LogP) is 3.66. The van der Waals surface area contributed by atoms with Gasteiger partial charge in [0.2, 0.25) is 0 Å². The molecule has 1 aromatic carbocycles. The molecular formula is C11H12Cl2F3NO. The zero-order valence-electron chi connectivity index (χ0n) is 9.36. The first kappa shape index (κ1) is 15.6. The fourth-order valence-corrected chi connectivity index (χ4v) is 1.63. The average Bonchev–Trinajstić information content (AvgIpc) is 2.27. The van der Waals surface area contributed by atoms with Crippen LogP contribution in [-0.2, 0) is 11.3 Å². The minimum atomic E-state index is -4.28. The molecule has 2 nitrogen and oxygen atoms in total. The van der Waals surface area contributed by atoms with E-state index in [1.807, 2.05) is 0 Å². The van der Waals surface area contributed by atoms with Crippen LogP contribution in [0.2, 0.25) is 10.0 Å². The highest BCUT2D eigenvalue weighted by Crippen LogP contribution is 2.25. The number of rotatable bonds is 6. The highest BCUT2D eigenvalue weighted by atomic mass is 35.5. The summed E-state index contributed by atoms with van der Waals surface area (Å²) in [5.74, 6) is 0. The third-order valence-corrected chi connectivity index (χ3v) is 2.89. The van der Waals surface area contributed by atoms with Crippen LogP contribution >= 0.6 is 23.2 Å². The van der Waals surface area contributed by atoms with Crippen LogP contribution in [0.15, 0.2) is 18.2 Å². The molecule has 7 heteroatoms. The molecule has 0 radical (unpaired) electrons. The number of nitrogens with one attached hydrogen (secondary N) is 1. The quantitative estimate of drug-likeness (QED) is 0.810. The van der Waals surface area contributed by atoms with Crippen molar-refractivity contribution in [2.45, 2.75) is 12.7 Å². The van der Waals surface area contributed by atoms with Crippen molar-refractivity contribution in [2.24, 2.45) is 0 Å². The van der Waals surface area contributed by atoms with E-state index in [2.05, 4.69) is 10.1 Å². The van der Waals surface area contributed by atoms with E-state index in [0.717, 1.165) is 5.56 Å². The highest BCUT2D eigenvalue weighted by molar-refractivity contribution is 6.42. The maximum absolute atomic E-state index is 11.7. The molecule has 102 valence electrons. The summed E-state index contributed by atoms with van der Waals surface area (Å²) in [6.07, 6.45) is -4.28. The van der Waals surface area contributed by atoms with Gasteiger partial charge in [-0.15, -0.1) is 0 Å². The minimum Gasteiger partial charge on any atom is -0.371 e. The van der Waals surface area contributed by atoms with Crippen molar-refractivity contribution >= 4 is 23.2 Å². The van der Waals surface area contributed by atoms with E-state index in [1.54, 1.807) is 18.2 Å². The van der Waals surface area contributed by atoms with Crippen LogP contribution in [0.1, 0.15) is 5.56 Å².